The number of rotatable bonds is 3. The van der Waals surface area contributed by atoms with Gasteiger partial charge in [0.1, 0.15) is 6.04 Å². The Morgan fingerprint density at radius 3 is 2.34 bits per heavy atom. The minimum absolute atomic E-state index is 0.0420. The van der Waals surface area contributed by atoms with Crippen molar-refractivity contribution >= 4 is 23.4 Å². The summed E-state index contributed by atoms with van der Waals surface area (Å²) < 4.78 is 0. The summed E-state index contributed by atoms with van der Waals surface area (Å²) in [6, 6.07) is 14.3. The van der Waals surface area contributed by atoms with Crippen LogP contribution in [0.1, 0.15) is 47.2 Å². The predicted octanol–water partition coefficient (Wildman–Crippen LogP) is 3.33. The molecule has 1 saturated carbocycles. The number of nitrogens with zero attached hydrogens (tertiary/aromatic N) is 1. The smallest absolute Gasteiger partial charge is 0.256 e. The second-order valence-corrected chi connectivity index (χ2v) is 8.32. The normalized spacial score (nSPS) is 23.9. The first kappa shape index (κ1) is 19.9. The maximum atomic E-state index is 13.3. The van der Waals surface area contributed by atoms with E-state index in [0.717, 1.165) is 24.0 Å². The molecule has 1 aliphatic carbocycles. The number of fused-ring (bicyclic) bond motifs is 1. The second-order valence-electron chi connectivity index (χ2n) is 7.92. The van der Waals surface area contributed by atoms with Gasteiger partial charge in [-0.2, -0.15) is 0 Å². The number of benzene rings is 2. The van der Waals surface area contributed by atoms with Crippen LogP contribution in [0, 0.1) is 0 Å². The van der Waals surface area contributed by atoms with Crippen LogP contribution < -0.4 is 5.32 Å². The van der Waals surface area contributed by atoms with E-state index in [4.69, 9.17) is 11.6 Å². The Morgan fingerprint density at radius 2 is 1.62 bits per heavy atom. The molecular weight excluding hydrogens is 388 g/mol. The van der Waals surface area contributed by atoms with Crippen LogP contribution in [0.15, 0.2) is 48.5 Å². The Morgan fingerprint density at radius 1 is 0.966 bits per heavy atom. The first-order valence-corrected chi connectivity index (χ1v) is 10.5. The fourth-order valence-corrected chi connectivity index (χ4v) is 4.49. The third-order valence-corrected chi connectivity index (χ3v) is 6.29. The molecule has 1 aliphatic heterocycles. The third-order valence-electron chi connectivity index (χ3n) is 5.96. The molecule has 1 atom stereocenters. The van der Waals surface area contributed by atoms with Crippen LogP contribution in [0.5, 0.6) is 0 Å². The lowest BCUT2D eigenvalue weighted by molar-refractivity contribution is -0.127. The zero-order valence-corrected chi connectivity index (χ0v) is 16.9. The Kier molecular flexibility index (Phi) is 5.88. The van der Waals surface area contributed by atoms with Gasteiger partial charge in [-0.3, -0.25) is 9.59 Å². The van der Waals surface area contributed by atoms with Crippen molar-refractivity contribution in [2.75, 3.05) is 0 Å². The number of halogens is 1. The number of hydrogen-bond acceptors (Lipinski definition) is 3. The summed E-state index contributed by atoms with van der Waals surface area (Å²) in [5.74, 6) is -0.370. The molecule has 0 aromatic heterocycles. The monoisotopic (exact) mass is 412 g/mol. The quantitative estimate of drug-likeness (QED) is 0.812. The maximum Gasteiger partial charge on any atom is 0.256 e. The molecule has 152 valence electrons. The molecule has 29 heavy (non-hydrogen) atoms. The lowest BCUT2D eigenvalue weighted by Gasteiger charge is -2.37. The lowest BCUT2D eigenvalue weighted by atomic mass is 9.90. The first-order valence-electron chi connectivity index (χ1n) is 10.1. The molecule has 2 aromatic carbocycles. The first-order chi connectivity index (χ1) is 14.0. The zero-order chi connectivity index (χ0) is 20.4. The molecule has 1 fully saturated rings. The van der Waals surface area contributed by atoms with Gasteiger partial charge in [0.05, 0.1) is 16.7 Å². The van der Waals surface area contributed by atoms with Crippen LogP contribution in [0.25, 0.3) is 0 Å². The van der Waals surface area contributed by atoms with Crippen LogP contribution in [-0.4, -0.2) is 40.0 Å². The molecule has 4 rings (SSSR count). The topological polar surface area (TPSA) is 69.6 Å². The van der Waals surface area contributed by atoms with E-state index in [-0.39, 0.29) is 24.0 Å². The Hall–Kier alpha value is -2.37. The van der Waals surface area contributed by atoms with Crippen LogP contribution in [0.2, 0.25) is 5.02 Å². The molecule has 6 heteroatoms. The highest BCUT2D eigenvalue weighted by Gasteiger charge is 2.36. The molecule has 2 aromatic rings. The molecule has 5 nitrogen and oxygen atoms in total. The van der Waals surface area contributed by atoms with Crippen molar-refractivity contribution in [3.8, 4) is 0 Å². The van der Waals surface area contributed by atoms with Crippen molar-refractivity contribution in [2.24, 2.45) is 0 Å². The van der Waals surface area contributed by atoms with Crippen LogP contribution in [0.3, 0.4) is 0 Å². The summed E-state index contributed by atoms with van der Waals surface area (Å²) in [6.45, 7) is 0.377. The number of carbonyl (C=O) groups is 2. The van der Waals surface area contributed by atoms with Gasteiger partial charge in [-0.15, -0.1) is 0 Å². The number of carbonyl (C=O) groups excluding carboxylic acids is 2. The average Bonchev–Trinajstić information content (AvgIpc) is 2.74. The van der Waals surface area contributed by atoms with Crippen LogP contribution in [-0.2, 0) is 17.8 Å². The van der Waals surface area contributed by atoms with E-state index in [1.165, 1.54) is 0 Å². The van der Waals surface area contributed by atoms with Crippen LogP contribution in [0.4, 0.5) is 0 Å². The summed E-state index contributed by atoms with van der Waals surface area (Å²) in [5.41, 5.74) is 2.56. The highest BCUT2D eigenvalue weighted by Crippen LogP contribution is 2.28. The van der Waals surface area contributed by atoms with Gasteiger partial charge < -0.3 is 15.3 Å². The Labute approximate surface area is 175 Å². The largest absolute Gasteiger partial charge is 0.393 e. The van der Waals surface area contributed by atoms with E-state index in [9.17, 15) is 14.7 Å². The molecule has 1 heterocycles. The van der Waals surface area contributed by atoms with Crippen molar-refractivity contribution in [3.63, 3.8) is 0 Å². The highest BCUT2D eigenvalue weighted by atomic mass is 35.5. The lowest BCUT2D eigenvalue weighted by Crippen LogP contribution is -2.54. The van der Waals surface area contributed by atoms with E-state index in [1.54, 1.807) is 29.2 Å². The van der Waals surface area contributed by atoms with Gasteiger partial charge in [0.15, 0.2) is 0 Å². The Balaban J connectivity index is 1.59. The molecule has 1 unspecified atom stereocenters. The summed E-state index contributed by atoms with van der Waals surface area (Å²) in [5, 5.41) is 13.2. The van der Waals surface area contributed by atoms with Gasteiger partial charge >= 0.3 is 0 Å². The molecule has 0 bridgehead atoms. The summed E-state index contributed by atoms with van der Waals surface area (Å²) in [4.78, 5) is 28.1. The predicted molar refractivity (Wildman–Crippen MR) is 112 cm³/mol. The third kappa shape index (κ3) is 4.31. The van der Waals surface area contributed by atoms with Gasteiger partial charge in [-0.1, -0.05) is 48.0 Å². The van der Waals surface area contributed by atoms with E-state index in [1.807, 2.05) is 24.3 Å². The molecule has 2 amide bonds. The average molecular weight is 413 g/mol. The minimum Gasteiger partial charge on any atom is -0.393 e. The fourth-order valence-electron chi connectivity index (χ4n) is 4.28. The second kappa shape index (κ2) is 8.56. The summed E-state index contributed by atoms with van der Waals surface area (Å²) in [6.07, 6.45) is 3.11. The number of aliphatic hydroxyl groups is 1. The van der Waals surface area contributed by atoms with Crippen molar-refractivity contribution in [2.45, 2.75) is 56.8 Å². The SMILES string of the molecule is O=C(NC1CCC(O)CC1)C1Cc2ccccc2CN1C(=O)c1ccccc1Cl. The van der Waals surface area contributed by atoms with E-state index < -0.39 is 6.04 Å². The maximum absolute atomic E-state index is 13.3. The van der Waals surface area contributed by atoms with Gasteiger partial charge in [0.25, 0.3) is 5.91 Å². The molecule has 2 aliphatic rings. The molecule has 0 saturated heterocycles. The number of aliphatic hydroxyl groups excluding tert-OH is 1. The van der Waals surface area contributed by atoms with Gasteiger partial charge in [-0.05, 0) is 48.9 Å². The van der Waals surface area contributed by atoms with Crippen molar-refractivity contribution in [1.29, 1.82) is 0 Å². The van der Waals surface area contributed by atoms with Crippen molar-refractivity contribution in [3.05, 3.63) is 70.2 Å². The number of nitrogens with one attached hydrogen (secondary N) is 1. The molecular formula is C23H25ClN2O3. The highest BCUT2D eigenvalue weighted by molar-refractivity contribution is 6.33. The molecule has 2 N–H and O–H groups in total. The number of hydrogen-bond donors (Lipinski definition) is 2. The van der Waals surface area contributed by atoms with Crippen molar-refractivity contribution in [1.82, 2.24) is 10.2 Å². The zero-order valence-electron chi connectivity index (χ0n) is 16.2. The summed E-state index contributed by atoms with van der Waals surface area (Å²) in [7, 11) is 0. The van der Waals surface area contributed by atoms with E-state index in [2.05, 4.69) is 5.32 Å². The van der Waals surface area contributed by atoms with Gasteiger partial charge in [0.2, 0.25) is 5.91 Å². The number of amides is 2. The standard InChI is InChI=1S/C23H25ClN2O3/c24-20-8-4-3-7-19(20)23(29)26-14-16-6-2-1-5-15(16)13-21(26)22(28)25-17-9-11-18(27)12-10-17/h1-8,17-18,21,27H,9-14H2,(H,25,28). The Bertz CT molecular complexity index is 909. The van der Waals surface area contributed by atoms with E-state index >= 15 is 0 Å². The van der Waals surface area contributed by atoms with Gasteiger partial charge in [-0.25, -0.2) is 0 Å². The molecule has 0 spiro atoms. The fraction of sp³-hybridized carbons (Fsp3) is 0.391. The van der Waals surface area contributed by atoms with Gasteiger partial charge in [0, 0.05) is 19.0 Å². The van der Waals surface area contributed by atoms with Crippen LogP contribution >= 0.6 is 11.6 Å². The van der Waals surface area contributed by atoms with E-state index in [0.29, 0.717) is 36.4 Å². The summed E-state index contributed by atoms with van der Waals surface area (Å²) >= 11 is 6.26. The van der Waals surface area contributed by atoms with Crippen molar-refractivity contribution < 1.29 is 14.7 Å². The molecule has 0 radical (unpaired) electrons. The minimum atomic E-state index is -0.583.